The fourth-order valence-electron chi connectivity index (χ4n) is 4.80. The van der Waals surface area contributed by atoms with Crippen molar-refractivity contribution in [2.75, 3.05) is 11.9 Å². The van der Waals surface area contributed by atoms with Gasteiger partial charge in [-0.15, -0.1) is 0 Å². The van der Waals surface area contributed by atoms with Crippen molar-refractivity contribution in [1.29, 1.82) is 0 Å². The number of fused-ring (bicyclic) bond motifs is 1. The number of rotatable bonds is 7. The molecule has 0 bridgehead atoms. The number of nitrogens with zero attached hydrogens (tertiary/aromatic N) is 3. The molecule has 0 saturated heterocycles. The summed E-state index contributed by atoms with van der Waals surface area (Å²) in [5.74, 6) is 0.900. The Labute approximate surface area is 240 Å². The van der Waals surface area contributed by atoms with Crippen molar-refractivity contribution in [2.45, 2.75) is 44.9 Å². The average molecular weight is 608 g/mol. The van der Waals surface area contributed by atoms with Gasteiger partial charge < -0.3 is 10.1 Å². The van der Waals surface area contributed by atoms with E-state index in [2.05, 4.69) is 26.3 Å². The van der Waals surface area contributed by atoms with Gasteiger partial charge in [0.25, 0.3) is 11.5 Å². The number of carbonyl (C=O) groups excluding carboxylic acids is 1. The molecule has 0 atom stereocenters. The van der Waals surface area contributed by atoms with Crippen molar-refractivity contribution in [3.05, 3.63) is 97.5 Å². The molecule has 1 aliphatic carbocycles. The molecule has 39 heavy (non-hydrogen) atoms. The molecule has 200 valence electrons. The van der Waals surface area contributed by atoms with E-state index in [0.717, 1.165) is 31.2 Å². The highest BCUT2D eigenvalue weighted by Crippen LogP contribution is 2.33. The highest BCUT2D eigenvalue weighted by Gasteiger charge is 2.22. The van der Waals surface area contributed by atoms with E-state index in [-0.39, 0.29) is 24.0 Å². The number of hydrogen-bond donors (Lipinski definition) is 1. The SMILES string of the molecule is Cc1ccc(NC(=O)COc2c(Br)cc(Cl)cc2C=Nn2c(C3CCCCC3)nc3ccccc3c2=O)cc1. The first-order chi connectivity index (χ1) is 18.9. The minimum absolute atomic E-state index is 0.153. The molecule has 1 aromatic heterocycles. The highest BCUT2D eigenvalue weighted by molar-refractivity contribution is 9.10. The van der Waals surface area contributed by atoms with Crippen LogP contribution in [0.4, 0.5) is 5.69 Å². The first-order valence-electron chi connectivity index (χ1n) is 12.9. The van der Waals surface area contributed by atoms with Crippen LogP contribution in [0.25, 0.3) is 10.9 Å². The Hall–Kier alpha value is -3.49. The third kappa shape index (κ3) is 6.40. The molecule has 1 N–H and O–H groups in total. The molecule has 3 aromatic carbocycles. The lowest BCUT2D eigenvalue weighted by Gasteiger charge is -2.22. The second kappa shape index (κ2) is 12.1. The quantitative estimate of drug-likeness (QED) is 0.228. The summed E-state index contributed by atoms with van der Waals surface area (Å²) in [6.07, 6.45) is 6.85. The topological polar surface area (TPSA) is 85.6 Å². The smallest absolute Gasteiger partial charge is 0.282 e. The lowest BCUT2D eigenvalue weighted by atomic mass is 9.88. The summed E-state index contributed by atoms with van der Waals surface area (Å²) in [4.78, 5) is 31.0. The Bertz CT molecular complexity index is 1590. The van der Waals surface area contributed by atoms with Gasteiger partial charge in [0.1, 0.15) is 11.6 Å². The molecular weight excluding hydrogens is 580 g/mol. The molecule has 4 aromatic rings. The Kier molecular flexibility index (Phi) is 8.43. The number of anilines is 1. The summed E-state index contributed by atoms with van der Waals surface area (Å²) in [6.45, 7) is 1.76. The standard InChI is InChI=1S/C30H28BrClN4O3/c1-19-11-13-23(14-12-19)34-27(37)18-39-28-21(15-22(32)16-25(28)31)17-33-36-29(20-7-3-2-4-8-20)35-26-10-6-5-9-24(26)30(36)38/h5-6,9-17,20H,2-4,7-8,18H2,1H3,(H,34,37). The number of nitrogens with one attached hydrogen (secondary N) is 1. The van der Waals surface area contributed by atoms with E-state index in [4.69, 9.17) is 21.3 Å². The molecule has 1 amide bonds. The Balaban J connectivity index is 1.46. The van der Waals surface area contributed by atoms with Crippen LogP contribution in [-0.4, -0.2) is 28.4 Å². The van der Waals surface area contributed by atoms with Crippen molar-refractivity contribution in [3.63, 3.8) is 0 Å². The zero-order valence-electron chi connectivity index (χ0n) is 21.5. The highest BCUT2D eigenvalue weighted by atomic mass is 79.9. The van der Waals surface area contributed by atoms with Gasteiger partial charge in [-0.25, -0.2) is 4.98 Å². The molecule has 0 aliphatic heterocycles. The van der Waals surface area contributed by atoms with E-state index >= 15 is 0 Å². The van der Waals surface area contributed by atoms with Gasteiger partial charge in [-0.1, -0.05) is 60.7 Å². The maximum Gasteiger partial charge on any atom is 0.282 e. The van der Waals surface area contributed by atoms with E-state index in [1.54, 1.807) is 18.2 Å². The van der Waals surface area contributed by atoms with Gasteiger partial charge in [0.05, 0.1) is 21.6 Å². The molecule has 9 heteroatoms. The van der Waals surface area contributed by atoms with Gasteiger partial charge in [0.2, 0.25) is 0 Å². The van der Waals surface area contributed by atoms with Crippen LogP contribution in [-0.2, 0) is 4.79 Å². The zero-order valence-corrected chi connectivity index (χ0v) is 23.8. The van der Waals surface area contributed by atoms with Crippen LogP contribution >= 0.6 is 27.5 Å². The third-order valence-corrected chi connectivity index (χ3v) is 7.59. The number of amides is 1. The van der Waals surface area contributed by atoms with E-state index in [1.807, 2.05) is 49.4 Å². The lowest BCUT2D eigenvalue weighted by molar-refractivity contribution is -0.118. The maximum atomic E-state index is 13.5. The van der Waals surface area contributed by atoms with E-state index in [1.165, 1.54) is 17.3 Å². The molecule has 0 spiro atoms. The van der Waals surface area contributed by atoms with Gasteiger partial charge in [0.15, 0.2) is 6.61 Å². The Morgan fingerprint density at radius 2 is 1.90 bits per heavy atom. The van der Waals surface area contributed by atoms with Crippen LogP contribution in [0.1, 0.15) is 55.0 Å². The van der Waals surface area contributed by atoms with E-state index in [0.29, 0.717) is 43.2 Å². The fourth-order valence-corrected chi connectivity index (χ4v) is 5.75. The predicted molar refractivity (Wildman–Crippen MR) is 159 cm³/mol. The minimum atomic E-state index is -0.307. The summed E-state index contributed by atoms with van der Waals surface area (Å²) in [7, 11) is 0. The molecule has 0 radical (unpaired) electrons. The van der Waals surface area contributed by atoms with E-state index in [9.17, 15) is 9.59 Å². The van der Waals surface area contributed by atoms with Crippen LogP contribution in [0, 0.1) is 6.92 Å². The lowest BCUT2D eigenvalue weighted by Crippen LogP contribution is -2.25. The summed E-state index contributed by atoms with van der Waals surface area (Å²) in [5.41, 5.74) is 2.75. The maximum absolute atomic E-state index is 13.5. The molecule has 7 nitrogen and oxygen atoms in total. The number of aryl methyl sites for hydroxylation is 1. The van der Waals surface area contributed by atoms with Gasteiger partial charge in [-0.3, -0.25) is 9.59 Å². The third-order valence-electron chi connectivity index (χ3n) is 6.78. The normalized spacial score (nSPS) is 14.1. The van der Waals surface area contributed by atoms with Crippen LogP contribution < -0.4 is 15.6 Å². The van der Waals surface area contributed by atoms with Crippen LogP contribution in [0.3, 0.4) is 0 Å². The number of ether oxygens (including phenoxy) is 1. The summed E-state index contributed by atoms with van der Waals surface area (Å²) >= 11 is 9.83. The summed E-state index contributed by atoms with van der Waals surface area (Å²) in [5, 5.41) is 8.39. The van der Waals surface area contributed by atoms with Crippen molar-refractivity contribution in [1.82, 2.24) is 9.66 Å². The molecule has 5 rings (SSSR count). The number of carbonyl (C=O) groups is 1. The number of aromatic nitrogens is 2. The average Bonchev–Trinajstić information content (AvgIpc) is 2.93. The number of halogens is 2. The monoisotopic (exact) mass is 606 g/mol. The second-order valence-electron chi connectivity index (χ2n) is 9.69. The molecule has 1 aliphatic rings. The number of benzene rings is 3. The van der Waals surface area contributed by atoms with Crippen LogP contribution in [0.2, 0.25) is 5.02 Å². The summed E-state index contributed by atoms with van der Waals surface area (Å²) < 4.78 is 7.87. The van der Waals surface area contributed by atoms with Crippen molar-refractivity contribution < 1.29 is 9.53 Å². The molecule has 0 unspecified atom stereocenters. The van der Waals surface area contributed by atoms with Crippen molar-refractivity contribution in [2.24, 2.45) is 5.10 Å². The first-order valence-corrected chi connectivity index (χ1v) is 14.1. The fraction of sp³-hybridized carbons (Fsp3) is 0.267. The Morgan fingerprint density at radius 3 is 2.67 bits per heavy atom. The molecule has 1 fully saturated rings. The molecule has 1 saturated carbocycles. The number of para-hydroxylation sites is 1. The summed E-state index contributed by atoms with van der Waals surface area (Å²) in [6, 6.07) is 18.2. The van der Waals surface area contributed by atoms with Gasteiger partial charge in [0, 0.05) is 22.2 Å². The predicted octanol–water partition coefficient (Wildman–Crippen LogP) is 7.07. The van der Waals surface area contributed by atoms with Crippen LogP contribution in [0.15, 0.2) is 75.0 Å². The zero-order chi connectivity index (χ0) is 27.4. The molecular formula is C30H28BrClN4O3. The second-order valence-corrected chi connectivity index (χ2v) is 11.0. The van der Waals surface area contributed by atoms with E-state index < -0.39 is 0 Å². The van der Waals surface area contributed by atoms with Gasteiger partial charge >= 0.3 is 0 Å². The minimum Gasteiger partial charge on any atom is -0.482 e. The largest absolute Gasteiger partial charge is 0.482 e. The van der Waals surface area contributed by atoms with Gasteiger partial charge in [-0.2, -0.15) is 9.78 Å². The number of hydrogen-bond acceptors (Lipinski definition) is 5. The molecule has 1 heterocycles. The first kappa shape index (κ1) is 27.1. The van der Waals surface area contributed by atoms with Crippen LogP contribution in [0.5, 0.6) is 5.75 Å². The Morgan fingerprint density at radius 1 is 1.15 bits per heavy atom. The van der Waals surface area contributed by atoms with Gasteiger partial charge in [-0.05, 0) is 72.1 Å². The van der Waals surface area contributed by atoms with Crippen molar-refractivity contribution in [3.8, 4) is 5.75 Å². The van der Waals surface area contributed by atoms with Crippen molar-refractivity contribution >= 4 is 56.2 Å².